The summed E-state index contributed by atoms with van der Waals surface area (Å²) in [5, 5.41) is 0. The van der Waals surface area contributed by atoms with E-state index in [1.807, 2.05) is 0 Å². The second kappa shape index (κ2) is 2.82. The highest BCUT2D eigenvalue weighted by atomic mass is 14.6. The summed E-state index contributed by atoms with van der Waals surface area (Å²) in [6.45, 7) is 0. The molecule has 0 saturated heterocycles. The largest absolute Gasteiger partial charge is 0.324 e. The molecule has 0 aromatic rings. The van der Waals surface area contributed by atoms with Crippen LogP contribution in [0.2, 0.25) is 0 Å². The summed E-state index contributed by atoms with van der Waals surface area (Å²) in [6.07, 6.45) is 10.8. The Hall–Kier alpha value is -0.560. The minimum atomic E-state index is 0.343. The molecule has 60 valence electrons. The molecule has 0 aliphatic heterocycles. The van der Waals surface area contributed by atoms with Crippen LogP contribution in [0.25, 0.3) is 0 Å². The Bertz CT molecular complexity index is 213. The molecule has 0 bridgehead atoms. The summed E-state index contributed by atoms with van der Waals surface area (Å²) < 4.78 is 0. The van der Waals surface area contributed by atoms with E-state index < -0.39 is 0 Å². The normalized spacial score (nSPS) is 30.5. The summed E-state index contributed by atoms with van der Waals surface area (Å²) in [6, 6.07) is 0.343. The van der Waals surface area contributed by atoms with Crippen LogP contribution in [-0.2, 0) is 0 Å². The minimum absolute atomic E-state index is 0.343. The monoisotopic (exact) mass is 149 g/mol. The molecule has 0 heterocycles. The molecule has 2 aliphatic carbocycles. The minimum Gasteiger partial charge on any atom is -0.324 e. The van der Waals surface area contributed by atoms with Crippen molar-refractivity contribution in [2.45, 2.75) is 38.1 Å². The zero-order valence-electron chi connectivity index (χ0n) is 6.84. The molecular formula is C10H15N. The van der Waals surface area contributed by atoms with Crippen molar-refractivity contribution in [3.05, 3.63) is 23.3 Å². The Morgan fingerprint density at radius 1 is 1.27 bits per heavy atom. The molecule has 0 spiro atoms. The molecule has 2 rings (SSSR count). The van der Waals surface area contributed by atoms with E-state index in [4.69, 9.17) is 5.73 Å². The number of hydrogen-bond donors (Lipinski definition) is 1. The molecule has 1 heteroatoms. The summed E-state index contributed by atoms with van der Waals surface area (Å²) >= 11 is 0. The first-order valence-electron chi connectivity index (χ1n) is 4.52. The molecule has 0 radical (unpaired) electrons. The van der Waals surface area contributed by atoms with Gasteiger partial charge in [0.1, 0.15) is 0 Å². The summed E-state index contributed by atoms with van der Waals surface area (Å²) in [5.41, 5.74) is 9.06. The molecule has 1 nitrogen and oxygen atoms in total. The van der Waals surface area contributed by atoms with E-state index in [1.165, 1.54) is 31.3 Å². The molecule has 0 amide bonds. The zero-order chi connectivity index (χ0) is 7.68. The quantitative estimate of drug-likeness (QED) is 0.561. The van der Waals surface area contributed by atoms with Gasteiger partial charge in [0.25, 0.3) is 0 Å². The van der Waals surface area contributed by atoms with E-state index in [9.17, 15) is 0 Å². The van der Waals surface area contributed by atoms with Crippen molar-refractivity contribution in [1.29, 1.82) is 0 Å². The Labute approximate surface area is 68.0 Å². The van der Waals surface area contributed by atoms with Gasteiger partial charge in [-0.05, 0) is 37.7 Å². The summed E-state index contributed by atoms with van der Waals surface area (Å²) in [5.74, 6) is 0. The van der Waals surface area contributed by atoms with Crippen LogP contribution in [0.3, 0.4) is 0 Å². The van der Waals surface area contributed by atoms with E-state index in [0.29, 0.717) is 6.04 Å². The molecule has 2 N–H and O–H groups in total. The molecule has 0 saturated carbocycles. The highest BCUT2D eigenvalue weighted by molar-refractivity contribution is 5.34. The van der Waals surface area contributed by atoms with Crippen molar-refractivity contribution < 1.29 is 0 Å². The molecule has 1 atom stereocenters. The summed E-state index contributed by atoms with van der Waals surface area (Å²) in [7, 11) is 0. The zero-order valence-corrected chi connectivity index (χ0v) is 6.84. The number of nitrogens with two attached hydrogens (primary N) is 1. The second-order valence-electron chi connectivity index (χ2n) is 3.50. The number of rotatable bonds is 0. The maximum absolute atomic E-state index is 5.98. The van der Waals surface area contributed by atoms with E-state index >= 15 is 0 Å². The smallest absolute Gasteiger partial charge is 0.0294 e. The lowest BCUT2D eigenvalue weighted by molar-refractivity contribution is 0.611. The van der Waals surface area contributed by atoms with Gasteiger partial charge in [-0.2, -0.15) is 0 Å². The van der Waals surface area contributed by atoms with Gasteiger partial charge in [0.2, 0.25) is 0 Å². The molecule has 11 heavy (non-hydrogen) atoms. The molecule has 1 unspecified atom stereocenters. The summed E-state index contributed by atoms with van der Waals surface area (Å²) in [4.78, 5) is 0. The number of allylic oxidation sites excluding steroid dienone is 2. The molecular weight excluding hydrogens is 134 g/mol. The predicted molar refractivity (Wildman–Crippen MR) is 47.2 cm³/mol. The topological polar surface area (TPSA) is 26.0 Å². The van der Waals surface area contributed by atoms with Gasteiger partial charge in [-0.15, -0.1) is 0 Å². The van der Waals surface area contributed by atoms with Crippen LogP contribution in [0, 0.1) is 0 Å². The van der Waals surface area contributed by atoms with Crippen molar-refractivity contribution in [2.24, 2.45) is 5.73 Å². The maximum atomic E-state index is 5.98. The fraction of sp³-hybridized carbons (Fsp3) is 0.600. The molecule has 0 aromatic heterocycles. The van der Waals surface area contributed by atoms with Gasteiger partial charge in [0, 0.05) is 6.04 Å². The SMILES string of the molecule is NC1CC=CC2=C1CCCC2. The van der Waals surface area contributed by atoms with E-state index in [-0.39, 0.29) is 0 Å². The average Bonchev–Trinajstić information content (AvgIpc) is 2.06. The Morgan fingerprint density at radius 3 is 2.91 bits per heavy atom. The van der Waals surface area contributed by atoms with Crippen LogP contribution < -0.4 is 5.73 Å². The van der Waals surface area contributed by atoms with Crippen LogP contribution in [0.5, 0.6) is 0 Å². The Kier molecular flexibility index (Phi) is 1.82. The van der Waals surface area contributed by atoms with Crippen LogP contribution in [0.4, 0.5) is 0 Å². The van der Waals surface area contributed by atoms with Crippen molar-refractivity contribution in [3.8, 4) is 0 Å². The lowest BCUT2D eigenvalue weighted by atomic mass is 9.83. The van der Waals surface area contributed by atoms with Gasteiger partial charge in [0.15, 0.2) is 0 Å². The fourth-order valence-electron chi connectivity index (χ4n) is 2.07. The highest BCUT2D eigenvalue weighted by Crippen LogP contribution is 2.30. The first-order valence-corrected chi connectivity index (χ1v) is 4.52. The Morgan fingerprint density at radius 2 is 2.09 bits per heavy atom. The van der Waals surface area contributed by atoms with Crippen LogP contribution >= 0.6 is 0 Å². The van der Waals surface area contributed by atoms with Crippen molar-refractivity contribution in [2.75, 3.05) is 0 Å². The van der Waals surface area contributed by atoms with Gasteiger partial charge < -0.3 is 5.73 Å². The van der Waals surface area contributed by atoms with Crippen LogP contribution in [-0.4, -0.2) is 6.04 Å². The highest BCUT2D eigenvalue weighted by Gasteiger charge is 2.18. The second-order valence-corrected chi connectivity index (χ2v) is 3.50. The Balaban J connectivity index is 2.27. The molecule has 0 aromatic carbocycles. The first-order chi connectivity index (χ1) is 5.38. The van der Waals surface area contributed by atoms with E-state index in [0.717, 1.165) is 6.42 Å². The van der Waals surface area contributed by atoms with Gasteiger partial charge in [0.05, 0.1) is 0 Å². The van der Waals surface area contributed by atoms with Crippen LogP contribution in [0.1, 0.15) is 32.1 Å². The lowest BCUT2D eigenvalue weighted by Crippen LogP contribution is -2.26. The maximum Gasteiger partial charge on any atom is 0.0294 e. The van der Waals surface area contributed by atoms with Crippen molar-refractivity contribution in [1.82, 2.24) is 0 Å². The molecule has 0 fully saturated rings. The number of hydrogen-bond acceptors (Lipinski definition) is 1. The van der Waals surface area contributed by atoms with Gasteiger partial charge in [-0.1, -0.05) is 17.7 Å². The predicted octanol–water partition coefficient (Wildman–Crippen LogP) is 2.14. The third-order valence-electron chi connectivity index (χ3n) is 2.71. The standard InChI is InChI=1S/C10H15N/c11-10-7-3-5-8-4-1-2-6-9(8)10/h3,5,10H,1-2,4,6-7,11H2. The third kappa shape index (κ3) is 1.25. The third-order valence-corrected chi connectivity index (χ3v) is 2.71. The van der Waals surface area contributed by atoms with E-state index in [2.05, 4.69) is 12.2 Å². The van der Waals surface area contributed by atoms with Crippen molar-refractivity contribution in [3.63, 3.8) is 0 Å². The van der Waals surface area contributed by atoms with Gasteiger partial charge in [-0.3, -0.25) is 0 Å². The van der Waals surface area contributed by atoms with Crippen molar-refractivity contribution >= 4 is 0 Å². The molecule has 2 aliphatic rings. The van der Waals surface area contributed by atoms with Crippen LogP contribution in [0.15, 0.2) is 23.3 Å². The average molecular weight is 149 g/mol. The lowest BCUT2D eigenvalue weighted by Gasteiger charge is -2.25. The van der Waals surface area contributed by atoms with Gasteiger partial charge in [-0.25, -0.2) is 0 Å². The first kappa shape index (κ1) is 7.11. The van der Waals surface area contributed by atoms with Gasteiger partial charge >= 0.3 is 0 Å². The fourth-order valence-corrected chi connectivity index (χ4v) is 2.07. The van der Waals surface area contributed by atoms with E-state index in [1.54, 1.807) is 5.57 Å².